The summed E-state index contributed by atoms with van der Waals surface area (Å²) in [6.45, 7) is 3.29. The number of amides is 1. The number of carbonyl (C=O) groups excluding carboxylic acids is 1. The molecule has 1 aliphatic heterocycles. The molecule has 42 heavy (non-hydrogen) atoms. The number of rotatable bonds is 8. The average Bonchev–Trinajstić information content (AvgIpc) is 3.51. The first-order chi connectivity index (χ1) is 19.9. The van der Waals surface area contributed by atoms with Gasteiger partial charge in [0, 0.05) is 30.0 Å². The molecule has 0 saturated heterocycles. The summed E-state index contributed by atoms with van der Waals surface area (Å²) in [5.74, 6) is -0.566. The van der Waals surface area contributed by atoms with E-state index in [1.165, 1.54) is 30.2 Å². The Labute approximate surface area is 252 Å². The smallest absolute Gasteiger partial charge is 0.257 e. The standard InChI is InChI=1S/C31H29Cl2FN4O4/c1-17-36-25(16-37(17)3)30(2,40)19-12-23-26(24(34)13-19)29(38(28(23)39)15-22-8-7-21(33)14-35-22)42-27(31(41)9-10-31)18-5-4-6-20(32)11-18/h4-8,11-14,16,27,29,40-41H,9-10,15H2,1-3H3/t27?,29-,30?/m1/s1. The summed E-state index contributed by atoms with van der Waals surface area (Å²) in [6, 6.07) is 12.9. The van der Waals surface area contributed by atoms with Crippen LogP contribution in [-0.4, -0.2) is 41.2 Å². The summed E-state index contributed by atoms with van der Waals surface area (Å²) in [5.41, 5.74) is -1.21. The van der Waals surface area contributed by atoms with E-state index in [4.69, 9.17) is 27.9 Å². The Balaban J connectivity index is 1.45. The van der Waals surface area contributed by atoms with Crippen molar-refractivity contribution in [3.63, 3.8) is 0 Å². The molecule has 1 amide bonds. The minimum atomic E-state index is -1.68. The van der Waals surface area contributed by atoms with Gasteiger partial charge in [-0.3, -0.25) is 9.78 Å². The van der Waals surface area contributed by atoms with Gasteiger partial charge in [0.1, 0.15) is 23.3 Å². The molecule has 0 spiro atoms. The SMILES string of the molecule is Cc1nc(C(C)(O)c2cc(F)c3c(c2)C(=O)N(Cc2ccc(Cl)cn2)[C@@H]3OC(c2cccc(Cl)c2)C2(O)CC2)cn1C. The fourth-order valence-corrected chi connectivity index (χ4v) is 5.67. The minimum Gasteiger partial charge on any atom is -0.387 e. The van der Waals surface area contributed by atoms with Crippen molar-refractivity contribution in [2.45, 2.75) is 56.8 Å². The Hall–Kier alpha value is -3.34. The average molecular weight is 612 g/mol. The van der Waals surface area contributed by atoms with Gasteiger partial charge in [-0.25, -0.2) is 9.37 Å². The Bertz CT molecular complexity index is 1670. The summed E-state index contributed by atoms with van der Waals surface area (Å²) in [5, 5.41) is 23.6. The quantitative estimate of drug-likeness (QED) is 0.263. The van der Waals surface area contributed by atoms with Gasteiger partial charge in [-0.1, -0.05) is 35.3 Å². The molecule has 3 heterocycles. The zero-order valence-corrected chi connectivity index (χ0v) is 24.7. The Morgan fingerprint density at radius 2 is 1.95 bits per heavy atom. The number of pyridine rings is 1. The molecule has 1 saturated carbocycles. The topological polar surface area (TPSA) is 101 Å². The number of halogens is 3. The molecule has 2 aliphatic rings. The number of ether oxygens (including phenoxy) is 1. The number of aromatic nitrogens is 3. The van der Waals surface area contributed by atoms with E-state index in [0.29, 0.717) is 45.7 Å². The van der Waals surface area contributed by atoms with Crippen LogP contribution in [0.4, 0.5) is 4.39 Å². The molecule has 2 aromatic heterocycles. The number of aryl methyl sites for hydroxylation is 2. The van der Waals surface area contributed by atoms with Gasteiger partial charge in [0.2, 0.25) is 0 Å². The van der Waals surface area contributed by atoms with Gasteiger partial charge in [0.05, 0.1) is 34.1 Å². The van der Waals surface area contributed by atoms with Gasteiger partial charge < -0.3 is 24.4 Å². The van der Waals surface area contributed by atoms with Crippen molar-refractivity contribution in [3.05, 3.63) is 116 Å². The van der Waals surface area contributed by atoms with Crippen LogP contribution < -0.4 is 0 Å². The summed E-state index contributed by atoms with van der Waals surface area (Å²) in [6.07, 6.45) is 1.99. The lowest BCUT2D eigenvalue weighted by atomic mass is 9.90. The van der Waals surface area contributed by atoms with Gasteiger partial charge >= 0.3 is 0 Å². The summed E-state index contributed by atoms with van der Waals surface area (Å²) in [7, 11) is 1.80. The zero-order valence-electron chi connectivity index (χ0n) is 23.2. The van der Waals surface area contributed by atoms with E-state index in [1.54, 1.807) is 61.1 Å². The van der Waals surface area contributed by atoms with Gasteiger partial charge in [-0.2, -0.15) is 0 Å². The molecule has 2 aromatic carbocycles. The molecule has 4 aromatic rings. The summed E-state index contributed by atoms with van der Waals surface area (Å²) >= 11 is 12.3. The number of hydrogen-bond donors (Lipinski definition) is 2. The summed E-state index contributed by atoms with van der Waals surface area (Å²) < 4.78 is 24.5. The minimum absolute atomic E-state index is 0.0132. The fourth-order valence-electron chi connectivity index (χ4n) is 5.36. The highest BCUT2D eigenvalue weighted by atomic mass is 35.5. The van der Waals surface area contributed by atoms with E-state index in [1.807, 2.05) is 0 Å². The third kappa shape index (κ3) is 5.09. The maximum Gasteiger partial charge on any atom is 0.257 e. The van der Waals surface area contributed by atoms with E-state index in [2.05, 4.69) is 9.97 Å². The van der Waals surface area contributed by atoms with Crippen molar-refractivity contribution < 1.29 is 24.1 Å². The molecule has 8 nitrogen and oxygen atoms in total. The predicted octanol–water partition coefficient (Wildman–Crippen LogP) is 5.76. The zero-order chi connectivity index (χ0) is 30.0. The molecule has 0 bridgehead atoms. The fraction of sp³-hybridized carbons (Fsp3) is 0.323. The molecular formula is C31H29Cl2FN4O4. The number of imidazole rings is 1. The predicted molar refractivity (Wildman–Crippen MR) is 154 cm³/mol. The first-order valence-electron chi connectivity index (χ1n) is 13.5. The van der Waals surface area contributed by atoms with Crippen molar-refractivity contribution in [1.82, 2.24) is 19.4 Å². The first-order valence-corrected chi connectivity index (χ1v) is 14.2. The van der Waals surface area contributed by atoms with Crippen molar-refractivity contribution in [3.8, 4) is 0 Å². The van der Waals surface area contributed by atoms with Crippen LogP contribution in [0.2, 0.25) is 10.0 Å². The molecule has 6 rings (SSSR count). The van der Waals surface area contributed by atoms with Crippen molar-refractivity contribution in [2.75, 3.05) is 0 Å². The Morgan fingerprint density at radius 1 is 1.19 bits per heavy atom. The molecular weight excluding hydrogens is 582 g/mol. The lowest BCUT2D eigenvalue weighted by Gasteiger charge is -2.32. The number of hydrogen-bond acceptors (Lipinski definition) is 6. The maximum atomic E-state index is 16.2. The van der Waals surface area contributed by atoms with E-state index in [9.17, 15) is 15.0 Å². The Morgan fingerprint density at radius 3 is 2.57 bits per heavy atom. The van der Waals surface area contributed by atoms with Crippen LogP contribution in [-0.2, 0) is 23.9 Å². The molecule has 3 atom stereocenters. The van der Waals surface area contributed by atoms with E-state index < -0.39 is 35.3 Å². The van der Waals surface area contributed by atoms with Crippen molar-refractivity contribution >= 4 is 29.1 Å². The van der Waals surface area contributed by atoms with Crippen molar-refractivity contribution in [1.29, 1.82) is 0 Å². The number of nitrogens with zero attached hydrogens (tertiary/aromatic N) is 4. The largest absolute Gasteiger partial charge is 0.387 e. The van der Waals surface area contributed by atoms with Gasteiger partial charge in [-0.05, 0) is 74.2 Å². The number of benzene rings is 2. The third-order valence-corrected chi connectivity index (χ3v) is 8.57. The molecule has 2 unspecified atom stereocenters. The van der Waals surface area contributed by atoms with Crippen LogP contribution in [0.25, 0.3) is 0 Å². The lowest BCUT2D eigenvalue weighted by Crippen LogP contribution is -2.33. The molecule has 218 valence electrons. The Kier molecular flexibility index (Phi) is 7.14. The highest BCUT2D eigenvalue weighted by molar-refractivity contribution is 6.30. The highest BCUT2D eigenvalue weighted by Gasteiger charge is 2.53. The second-order valence-electron chi connectivity index (χ2n) is 11.2. The monoisotopic (exact) mass is 610 g/mol. The van der Waals surface area contributed by atoms with Crippen molar-refractivity contribution in [2.24, 2.45) is 7.05 Å². The third-order valence-electron chi connectivity index (χ3n) is 8.11. The number of aliphatic hydroxyl groups is 2. The van der Waals surface area contributed by atoms with Gasteiger partial charge in [0.25, 0.3) is 5.91 Å². The molecule has 1 aliphatic carbocycles. The van der Waals surface area contributed by atoms with Crippen LogP contribution in [0.3, 0.4) is 0 Å². The molecule has 0 radical (unpaired) electrons. The number of carbonyl (C=O) groups is 1. The molecule has 11 heteroatoms. The van der Waals surface area contributed by atoms with E-state index in [0.717, 1.165) is 0 Å². The summed E-state index contributed by atoms with van der Waals surface area (Å²) in [4.78, 5) is 24.1. The molecule has 1 fully saturated rings. The molecule has 2 N–H and O–H groups in total. The first kappa shape index (κ1) is 28.8. The second kappa shape index (κ2) is 10.4. The van der Waals surface area contributed by atoms with E-state index in [-0.39, 0.29) is 23.2 Å². The van der Waals surface area contributed by atoms with Crippen LogP contribution in [0.5, 0.6) is 0 Å². The van der Waals surface area contributed by atoms with Crippen LogP contribution in [0.1, 0.15) is 76.4 Å². The number of fused-ring (bicyclic) bond motifs is 1. The van der Waals surface area contributed by atoms with Gasteiger partial charge in [-0.15, -0.1) is 0 Å². The second-order valence-corrected chi connectivity index (χ2v) is 12.1. The van der Waals surface area contributed by atoms with E-state index >= 15 is 4.39 Å². The van der Waals surface area contributed by atoms with Crippen LogP contribution in [0.15, 0.2) is 60.9 Å². The maximum absolute atomic E-state index is 16.2. The lowest BCUT2D eigenvalue weighted by molar-refractivity contribution is -0.137. The van der Waals surface area contributed by atoms with Gasteiger partial charge in [0.15, 0.2) is 6.23 Å². The highest BCUT2D eigenvalue weighted by Crippen LogP contribution is 2.52. The van der Waals surface area contributed by atoms with Crippen LogP contribution >= 0.6 is 23.2 Å². The van der Waals surface area contributed by atoms with Crippen LogP contribution in [0, 0.1) is 12.7 Å². The normalized spacial score (nSPS) is 19.5.